The second kappa shape index (κ2) is 13.4. The van der Waals surface area contributed by atoms with Crippen LogP contribution in [0.25, 0.3) is 0 Å². The molecule has 202 valence electrons. The van der Waals surface area contributed by atoms with Crippen molar-refractivity contribution in [2.45, 2.75) is 70.2 Å². The number of rotatable bonds is 10. The maximum Gasteiger partial charge on any atom is 0.247 e. The van der Waals surface area contributed by atoms with Crippen molar-refractivity contribution in [2.24, 2.45) is 0 Å². The van der Waals surface area contributed by atoms with Gasteiger partial charge in [0.2, 0.25) is 11.8 Å². The monoisotopic (exact) mass is 626 g/mol. The second-order valence-electron chi connectivity index (χ2n) is 9.57. The lowest BCUT2D eigenvalue weighted by Gasteiger charge is -2.43. The molecule has 10 heteroatoms. The first kappa shape index (κ1) is 29.1. The molecule has 0 bridgehead atoms. The maximum atomic E-state index is 13.4. The minimum Gasteiger partial charge on any atom is -0.493 e. The van der Waals surface area contributed by atoms with Gasteiger partial charge in [0.1, 0.15) is 18.5 Å². The fraction of sp³-hybridized carbons (Fsp3) is 0.519. The summed E-state index contributed by atoms with van der Waals surface area (Å²) < 4.78 is 12.3. The van der Waals surface area contributed by atoms with Crippen molar-refractivity contribution in [2.75, 3.05) is 20.3 Å². The van der Waals surface area contributed by atoms with Crippen LogP contribution >= 0.6 is 22.6 Å². The summed E-state index contributed by atoms with van der Waals surface area (Å²) in [5, 5.41) is 23.4. The van der Waals surface area contributed by atoms with Crippen molar-refractivity contribution < 1.29 is 34.1 Å². The molecule has 1 aromatic carbocycles. The third-order valence-electron chi connectivity index (χ3n) is 6.60. The van der Waals surface area contributed by atoms with Gasteiger partial charge in [-0.15, -0.1) is 0 Å². The summed E-state index contributed by atoms with van der Waals surface area (Å²) in [5.74, 6) is 0.0526. The molecule has 2 amide bonds. The zero-order valence-electron chi connectivity index (χ0n) is 21.4. The van der Waals surface area contributed by atoms with E-state index in [9.17, 15) is 24.6 Å². The normalized spacial score (nSPS) is 21.6. The van der Waals surface area contributed by atoms with Crippen LogP contribution in [0.2, 0.25) is 0 Å². The van der Waals surface area contributed by atoms with Crippen LogP contribution in [0.15, 0.2) is 35.4 Å². The molecular weight excluding hydrogens is 591 g/mol. The largest absolute Gasteiger partial charge is 0.493 e. The highest BCUT2D eigenvalue weighted by Gasteiger charge is 2.43. The average Bonchev–Trinajstić information content (AvgIpc) is 3.39. The van der Waals surface area contributed by atoms with Crippen molar-refractivity contribution in [1.29, 1.82) is 0 Å². The number of aldehydes is 1. The van der Waals surface area contributed by atoms with E-state index in [1.165, 1.54) is 7.11 Å². The summed E-state index contributed by atoms with van der Waals surface area (Å²) in [6.45, 7) is 3.56. The number of nitrogens with one attached hydrogen (secondary N) is 1. The van der Waals surface area contributed by atoms with Crippen LogP contribution in [0, 0.1) is 3.57 Å². The zero-order chi connectivity index (χ0) is 27.1. The van der Waals surface area contributed by atoms with E-state index in [0.29, 0.717) is 32.5 Å². The van der Waals surface area contributed by atoms with Gasteiger partial charge in [-0.2, -0.15) is 0 Å². The fourth-order valence-electron chi connectivity index (χ4n) is 4.92. The molecule has 0 radical (unpaired) electrons. The number of halogens is 1. The molecule has 0 unspecified atom stereocenters. The van der Waals surface area contributed by atoms with E-state index in [1.54, 1.807) is 29.2 Å². The van der Waals surface area contributed by atoms with Crippen LogP contribution in [-0.4, -0.2) is 77.8 Å². The van der Waals surface area contributed by atoms with Gasteiger partial charge in [-0.25, -0.2) is 0 Å². The molecule has 37 heavy (non-hydrogen) atoms. The first-order chi connectivity index (χ1) is 17.7. The summed E-state index contributed by atoms with van der Waals surface area (Å²) in [7, 11) is 1.45. The number of aliphatic hydroxyl groups excluding tert-OH is 2. The molecule has 1 fully saturated rings. The molecule has 2 aliphatic rings. The average molecular weight is 626 g/mol. The minimum atomic E-state index is -1.13. The van der Waals surface area contributed by atoms with Crippen molar-refractivity contribution in [3.8, 4) is 11.5 Å². The number of hydrogen-bond donors (Lipinski definition) is 3. The van der Waals surface area contributed by atoms with Gasteiger partial charge < -0.3 is 29.9 Å². The van der Waals surface area contributed by atoms with E-state index in [1.807, 2.05) is 36.4 Å². The molecule has 9 nitrogen and oxygen atoms in total. The third-order valence-corrected chi connectivity index (χ3v) is 7.40. The number of carbonyl (C=O) groups is 3. The highest BCUT2D eigenvalue weighted by molar-refractivity contribution is 14.1. The van der Waals surface area contributed by atoms with Gasteiger partial charge in [-0.3, -0.25) is 14.4 Å². The predicted molar refractivity (Wildman–Crippen MR) is 147 cm³/mol. The Labute approximate surface area is 231 Å². The second-order valence-corrected chi connectivity index (χ2v) is 10.7. The number of ether oxygens (including phenoxy) is 2. The number of allylic oxidation sites excluding steroid dienone is 1. The number of aliphatic hydroxyl groups is 2. The molecule has 0 heterocycles. The Morgan fingerprint density at radius 3 is 2.54 bits per heavy atom. The molecular formula is C27H35IN2O7. The lowest BCUT2D eigenvalue weighted by molar-refractivity contribution is -0.136. The molecule has 0 aliphatic heterocycles. The molecule has 3 rings (SSSR count). The first-order valence-electron chi connectivity index (χ1n) is 12.4. The Kier molecular flexibility index (Phi) is 10.5. The first-order valence-corrected chi connectivity index (χ1v) is 13.5. The number of methoxy groups -OCH3 is 1. The topological polar surface area (TPSA) is 125 Å². The molecule has 0 spiro atoms. The lowest BCUT2D eigenvalue weighted by Crippen LogP contribution is -2.57. The van der Waals surface area contributed by atoms with Gasteiger partial charge >= 0.3 is 0 Å². The number of hydrogen-bond acceptors (Lipinski definition) is 7. The summed E-state index contributed by atoms with van der Waals surface area (Å²) in [5.41, 5.74) is 1.62. The van der Waals surface area contributed by atoms with E-state index in [4.69, 9.17) is 9.47 Å². The van der Waals surface area contributed by atoms with E-state index < -0.39 is 24.2 Å². The summed E-state index contributed by atoms with van der Waals surface area (Å²) >= 11 is 2.03. The van der Waals surface area contributed by atoms with E-state index in [2.05, 4.69) is 5.32 Å². The SMILES string of the molecule is COc1cc(C=O)cc(I)c1O[C@H]1C=C(C(=O)NCCO)C[C@@H](N(C(=O)C=C(C)C)C2CCCC2)[C@@H]1O. The van der Waals surface area contributed by atoms with Gasteiger partial charge in [-0.05, 0) is 67.5 Å². The smallest absolute Gasteiger partial charge is 0.247 e. The molecule has 2 aliphatic carbocycles. The van der Waals surface area contributed by atoms with Crippen molar-refractivity contribution in [1.82, 2.24) is 10.2 Å². The Bertz CT molecular complexity index is 1060. The number of amides is 2. The van der Waals surface area contributed by atoms with Crippen molar-refractivity contribution in [3.05, 3.63) is 44.6 Å². The van der Waals surface area contributed by atoms with Crippen LogP contribution in [-0.2, 0) is 9.59 Å². The van der Waals surface area contributed by atoms with Gasteiger partial charge in [0.25, 0.3) is 0 Å². The van der Waals surface area contributed by atoms with Crippen molar-refractivity contribution in [3.63, 3.8) is 0 Å². The standard InChI is InChI=1S/C27H35IN2O7/c1-16(2)10-24(33)30(19-6-4-5-7-19)21-13-18(27(35)29-8-9-31)14-22(25(21)34)37-26-20(28)11-17(15-32)12-23(26)36-3/h10-12,14-15,19,21-22,25,31,34H,4-9,13H2,1-3H3,(H,29,35)/t21-,22+,25+/m1/s1. The highest BCUT2D eigenvalue weighted by atomic mass is 127. The maximum absolute atomic E-state index is 13.4. The van der Waals surface area contributed by atoms with Gasteiger partial charge in [-0.1, -0.05) is 18.4 Å². The Morgan fingerprint density at radius 1 is 1.24 bits per heavy atom. The lowest BCUT2D eigenvalue weighted by atomic mass is 9.87. The predicted octanol–water partition coefficient (Wildman–Crippen LogP) is 2.77. The molecule has 0 aromatic heterocycles. The number of nitrogens with zero attached hydrogens (tertiary/aromatic N) is 1. The van der Waals surface area contributed by atoms with Crippen LogP contribution in [0.1, 0.15) is 56.3 Å². The summed E-state index contributed by atoms with van der Waals surface area (Å²) in [6.07, 6.45) is 5.51. The molecule has 3 N–H and O–H groups in total. The van der Waals surface area contributed by atoms with Crippen LogP contribution < -0.4 is 14.8 Å². The zero-order valence-corrected chi connectivity index (χ0v) is 23.6. The number of carbonyl (C=O) groups excluding carboxylic acids is 3. The van der Waals surface area contributed by atoms with E-state index in [-0.39, 0.29) is 31.5 Å². The van der Waals surface area contributed by atoms with E-state index >= 15 is 0 Å². The van der Waals surface area contributed by atoms with E-state index in [0.717, 1.165) is 31.3 Å². The number of benzene rings is 1. The molecule has 1 saturated carbocycles. The summed E-state index contributed by atoms with van der Waals surface area (Å²) in [6, 6.07) is 2.43. The fourth-order valence-corrected chi connectivity index (χ4v) is 5.68. The van der Waals surface area contributed by atoms with Gasteiger partial charge in [0.05, 0.1) is 23.3 Å². The van der Waals surface area contributed by atoms with Gasteiger partial charge in [0, 0.05) is 36.2 Å². The molecule has 1 aromatic rings. The Balaban J connectivity index is 2.04. The van der Waals surface area contributed by atoms with Gasteiger partial charge in [0.15, 0.2) is 11.5 Å². The quantitative estimate of drug-likeness (QED) is 0.207. The van der Waals surface area contributed by atoms with Crippen LogP contribution in [0.5, 0.6) is 11.5 Å². The summed E-state index contributed by atoms with van der Waals surface area (Å²) in [4.78, 5) is 39.4. The minimum absolute atomic E-state index is 0.0511. The van der Waals surface area contributed by atoms with Crippen LogP contribution in [0.4, 0.5) is 0 Å². The Morgan fingerprint density at radius 2 is 1.95 bits per heavy atom. The Hall–Kier alpha value is -2.44. The molecule has 0 saturated heterocycles. The van der Waals surface area contributed by atoms with Crippen molar-refractivity contribution >= 4 is 40.7 Å². The third kappa shape index (κ3) is 7.11. The van der Waals surface area contributed by atoms with Crippen LogP contribution in [0.3, 0.4) is 0 Å². The molecule has 3 atom stereocenters. The highest BCUT2D eigenvalue weighted by Crippen LogP contribution is 2.38.